The van der Waals surface area contributed by atoms with Crippen LogP contribution < -0.4 is 0 Å². The van der Waals surface area contributed by atoms with E-state index < -0.39 is 11.8 Å². The Labute approximate surface area is 194 Å². The number of ether oxygens (including phenoxy) is 1. The number of esters is 1. The van der Waals surface area contributed by atoms with Crippen molar-refractivity contribution in [3.63, 3.8) is 0 Å². The van der Waals surface area contributed by atoms with E-state index in [1.165, 1.54) is 0 Å². The highest BCUT2D eigenvalue weighted by molar-refractivity contribution is 7.00. The second-order valence-corrected chi connectivity index (χ2v) is 8.67. The van der Waals surface area contributed by atoms with Gasteiger partial charge in [-0.1, -0.05) is 30.3 Å². The smallest absolute Gasteiger partial charge is 0.342 e. The number of benzene rings is 3. The van der Waals surface area contributed by atoms with Crippen molar-refractivity contribution in [2.75, 3.05) is 0 Å². The molecule has 0 amide bonds. The minimum atomic E-state index is -1.91. The summed E-state index contributed by atoms with van der Waals surface area (Å²) in [5.74, 6) is -2.50. The zero-order valence-electron chi connectivity index (χ0n) is 18.0. The number of carbonyl (C=O) groups excluding carboxylic acids is 1. The van der Waals surface area contributed by atoms with Crippen molar-refractivity contribution < 1.29 is 14.6 Å². The van der Waals surface area contributed by atoms with Gasteiger partial charge < -0.3 is 9.84 Å². The van der Waals surface area contributed by atoms with Crippen molar-refractivity contribution in [3.05, 3.63) is 99.6 Å². The van der Waals surface area contributed by atoms with Crippen LogP contribution in [0.5, 0.6) is 0 Å². The summed E-state index contributed by atoms with van der Waals surface area (Å²) in [6.07, 6.45) is 0.267. The van der Waals surface area contributed by atoms with Gasteiger partial charge in [-0.05, 0) is 66.4 Å². The van der Waals surface area contributed by atoms with Gasteiger partial charge in [-0.15, -0.1) is 0 Å². The van der Waals surface area contributed by atoms with E-state index in [-0.39, 0.29) is 6.42 Å². The van der Waals surface area contributed by atoms with Crippen LogP contribution in [0.4, 0.5) is 0 Å². The van der Waals surface area contributed by atoms with E-state index in [2.05, 4.69) is 14.8 Å². The van der Waals surface area contributed by atoms with E-state index >= 15 is 0 Å². The number of fused-ring (bicyclic) bond motifs is 1. The predicted molar refractivity (Wildman–Crippen MR) is 125 cm³/mol. The molecule has 7 heteroatoms. The number of aromatic nitrogens is 2. The van der Waals surface area contributed by atoms with Crippen LogP contribution in [0.1, 0.15) is 33.4 Å². The number of hydrogen-bond donors (Lipinski definition) is 1. The minimum Gasteiger partial charge on any atom is -0.421 e. The molecule has 0 saturated carbocycles. The molecule has 0 saturated heterocycles. The van der Waals surface area contributed by atoms with Crippen LogP contribution in [0.25, 0.3) is 16.6 Å². The normalized spacial score (nSPS) is 17.9. The molecule has 2 heterocycles. The number of cyclic esters (lactones) is 1. The average molecular weight is 454 g/mol. The van der Waals surface area contributed by atoms with Crippen LogP contribution in [-0.4, -0.2) is 19.8 Å². The Bertz CT molecular complexity index is 1480. The van der Waals surface area contributed by atoms with Gasteiger partial charge in [0.05, 0.1) is 28.9 Å². The van der Waals surface area contributed by atoms with Crippen molar-refractivity contribution in [2.45, 2.75) is 26.1 Å². The second-order valence-electron chi connectivity index (χ2n) is 8.14. The molecule has 0 radical (unpaired) electrons. The molecule has 0 spiro atoms. The Kier molecular flexibility index (Phi) is 5.05. The number of nitrogens with zero attached hydrogens (tertiary/aromatic N) is 3. The van der Waals surface area contributed by atoms with Crippen LogP contribution in [0.3, 0.4) is 0 Å². The lowest BCUT2D eigenvalue weighted by molar-refractivity contribution is -0.185. The molecule has 1 aliphatic rings. The third-order valence-corrected chi connectivity index (χ3v) is 6.62. The van der Waals surface area contributed by atoms with E-state index in [9.17, 15) is 9.90 Å². The quantitative estimate of drug-likeness (QED) is 0.455. The summed E-state index contributed by atoms with van der Waals surface area (Å²) in [6, 6.07) is 20.1. The summed E-state index contributed by atoms with van der Waals surface area (Å²) in [6.45, 7) is 3.94. The fourth-order valence-electron chi connectivity index (χ4n) is 4.06. The van der Waals surface area contributed by atoms with E-state index in [4.69, 9.17) is 10.00 Å². The largest absolute Gasteiger partial charge is 0.421 e. The Hall–Kier alpha value is -3.86. The summed E-state index contributed by atoms with van der Waals surface area (Å²) < 4.78 is 14.2. The van der Waals surface area contributed by atoms with Gasteiger partial charge in [0, 0.05) is 17.6 Å². The number of aryl methyl sites for hydroxylation is 2. The molecule has 0 bridgehead atoms. The van der Waals surface area contributed by atoms with Crippen molar-refractivity contribution in [3.8, 4) is 6.07 Å². The third-order valence-electron chi connectivity index (χ3n) is 6.06. The topological polar surface area (TPSA) is 96.1 Å². The maximum absolute atomic E-state index is 13.2. The highest BCUT2D eigenvalue weighted by Crippen LogP contribution is 2.45. The first-order chi connectivity index (χ1) is 15.9. The molecule has 1 atom stereocenters. The van der Waals surface area contributed by atoms with Crippen molar-refractivity contribution >= 4 is 34.3 Å². The lowest BCUT2D eigenvalue weighted by Crippen LogP contribution is -2.30. The summed E-state index contributed by atoms with van der Waals surface area (Å²) in [4.78, 5) is 13.2. The fourth-order valence-corrected chi connectivity index (χ4v) is 4.58. The summed E-state index contributed by atoms with van der Waals surface area (Å²) in [5.41, 5.74) is 6.74. The van der Waals surface area contributed by atoms with Crippen LogP contribution in [-0.2, 0) is 21.7 Å². The van der Waals surface area contributed by atoms with Gasteiger partial charge in [-0.2, -0.15) is 14.0 Å². The van der Waals surface area contributed by atoms with Gasteiger partial charge in [0.2, 0.25) is 0 Å². The third kappa shape index (κ3) is 3.59. The van der Waals surface area contributed by atoms with Gasteiger partial charge in [-0.25, -0.2) is 4.79 Å². The minimum absolute atomic E-state index is 0.267. The molecule has 1 unspecified atom stereocenters. The number of rotatable bonds is 4. The Morgan fingerprint density at radius 3 is 2.48 bits per heavy atom. The molecule has 6 nitrogen and oxygen atoms in total. The average Bonchev–Trinajstić information content (AvgIpc) is 3.38. The molecule has 33 heavy (non-hydrogen) atoms. The maximum Gasteiger partial charge on any atom is 0.342 e. The van der Waals surface area contributed by atoms with Crippen molar-refractivity contribution in [1.29, 1.82) is 5.26 Å². The summed E-state index contributed by atoms with van der Waals surface area (Å²) in [5, 5.41) is 20.9. The lowest BCUT2D eigenvalue weighted by atomic mass is 9.87. The van der Waals surface area contributed by atoms with Gasteiger partial charge in [0.1, 0.15) is 11.0 Å². The van der Waals surface area contributed by atoms with E-state index in [0.29, 0.717) is 33.4 Å². The van der Waals surface area contributed by atoms with E-state index in [1.54, 1.807) is 36.4 Å². The molecule has 162 valence electrons. The molecule has 5 rings (SSSR count). The van der Waals surface area contributed by atoms with Gasteiger partial charge >= 0.3 is 5.97 Å². The monoisotopic (exact) mass is 453 g/mol. The van der Waals surface area contributed by atoms with Gasteiger partial charge in [-0.3, -0.25) is 0 Å². The maximum atomic E-state index is 13.2. The fraction of sp³-hybridized carbons (Fsp3) is 0.154. The molecule has 4 aromatic rings. The van der Waals surface area contributed by atoms with Crippen molar-refractivity contribution in [1.82, 2.24) is 8.75 Å². The summed E-state index contributed by atoms with van der Waals surface area (Å²) in [7, 11) is 0. The highest BCUT2D eigenvalue weighted by Gasteiger charge is 2.48. The predicted octanol–water partition coefficient (Wildman–Crippen LogP) is 4.58. The molecular weight excluding hydrogens is 434 g/mol. The number of aliphatic hydroxyl groups is 1. The number of hydrogen-bond acceptors (Lipinski definition) is 7. The van der Waals surface area contributed by atoms with Crippen LogP contribution >= 0.6 is 11.7 Å². The number of carbonyl (C=O) groups is 1. The van der Waals surface area contributed by atoms with E-state index in [1.807, 2.05) is 38.1 Å². The molecular formula is C26H19N3O3S. The second kappa shape index (κ2) is 7.93. The molecule has 1 aromatic heterocycles. The molecule has 3 aromatic carbocycles. The zero-order valence-corrected chi connectivity index (χ0v) is 18.8. The molecule has 1 aliphatic heterocycles. The summed E-state index contributed by atoms with van der Waals surface area (Å²) >= 11 is 1.10. The molecule has 1 N–H and O–H groups in total. The van der Waals surface area contributed by atoms with Crippen LogP contribution in [0, 0.1) is 25.2 Å². The standard InChI is InChI=1S/C26H19N3O3S/c1-15-3-9-20(11-16(15)2)26(31)21(12-17-4-6-18(14-27)7-5-17)24(25(30)32-26)19-8-10-22-23(13-19)29-33-28-22/h3-11,13,31H,12H2,1-2H3. The Balaban J connectivity index is 1.70. The van der Waals surface area contributed by atoms with Gasteiger partial charge in [0.15, 0.2) is 0 Å². The van der Waals surface area contributed by atoms with Crippen molar-refractivity contribution in [2.24, 2.45) is 0 Å². The first-order valence-corrected chi connectivity index (χ1v) is 11.1. The Morgan fingerprint density at radius 1 is 1.00 bits per heavy atom. The zero-order chi connectivity index (χ0) is 23.2. The van der Waals surface area contributed by atoms with Crippen LogP contribution in [0.2, 0.25) is 0 Å². The Morgan fingerprint density at radius 2 is 1.76 bits per heavy atom. The van der Waals surface area contributed by atoms with Crippen LogP contribution in [0.15, 0.2) is 66.2 Å². The lowest BCUT2D eigenvalue weighted by Gasteiger charge is -2.26. The van der Waals surface area contributed by atoms with E-state index in [0.717, 1.165) is 33.9 Å². The molecule has 0 aliphatic carbocycles. The highest BCUT2D eigenvalue weighted by atomic mass is 32.1. The van der Waals surface area contributed by atoms with Gasteiger partial charge in [0.25, 0.3) is 5.79 Å². The molecule has 0 fully saturated rings. The first kappa shape index (κ1) is 21.0. The first-order valence-electron chi connectivity index (χ1n) is 10.4. The number of nitriles is 1. The SMILES string of the molecule is Cc1ccc(C2(O)OC(=O)C(c3ccc4nsnc4c3)=C2Cc2ccc(C#N)cc2)cc1C.